The number of rotatable bonds is 1. The van der Waals surface area contributed by atoms with E-state index in [0.717, 1.165) is 0 Å². The summed E-state index contributed by atoms with van der Waals surface area (Å²) in [5.41, 5.74) is 5.53. The normalized spacial score (nSPS) is 9.55. The van der Waals surface area contributed by atoms with Gasteiger partial charge >= 0.3 is 0 Å². The number of nitrogens with zero attached hydrogens (tertiary/aromatic N) is 1. The fourth-order valence-corrected chi connectivity index (χ4v) is 1.08. The Hall–Kier alpha value is -0.850. The van der Waals surface area contributed by atoms with Gasteiger partial charge in [-0.3, -0.25) is 10.1 Å². The molecule has 0 amide bonds. The lowest BCUT2D eigenvalue weighted by Gasteiger charge is -1.96. The second-order valence-corrected chi connectivity index (χ2v) is 3.02. The van der Waals surface area contributed by atoms with Crippen LogP contribution in [0.3, 0.4) is 0 Å². The summed E-state index contributed by atoms with van der Waals surface area (Å²) < 4.78 is 0.650. The van der Waals surface area contributed by atoms with Gasteiger partial charge in [0.05, 0.1) is 4.92 Å². The van der Waals surface area contributed by atoms with Crippen LogP contribution >= 0.6 is 22.6 Å². The summed E-state index contributed by atoms with van der Waals surface area (Å²) in [6.07, 6.45) is 0. The molecule has 4 nitrogen and oxygen atoms in total. The molecule has 1 rings (SSSR count). The van der Waals surface area contributed by atoms with Crippen LogP contribution in [0.15, 0.2) is 12.1 Å². The molecule has 0 aliphatic carbocycles. The molecule has 0 saturated heterocycles. The maximum Gasteiger partial charge on any atom is 0.293 e. The maximum absolute atomic E-state index is 10.3. The van der Waals surface area contributed by atoms with Crippen molar-refractivity contribution in [2.24, 2.45) is 0 Å². The summed E-state index contributed by atoms with van der Waals surface area (Å²) in [6.45, 7) is 0. The Labute approximate surface area is 76.7 Å². The van der Waals surface area contributed by atoms with Crippen LogP contribution in [0.1, 0.15) is 0 Å². The van der Waals surface area contributed by atoms with Crippen molar-refractivity contribution in [2.45, 2.75) is 0 Å². The fourth-order valence-electron chi connectivity index (χ4n) is 0.623. The summed E-state index contributed by atoms with van der Waals surface area (Å²) in [5, 5.41) is 10.3. The molecular formula is C6H4IN2O2. The number of nitro benzene ring substituents is 1. The molecule has 2 N–H and O–H groups in total. The Morgan fingerprint density at radius 1 is 1.64 bits per heavy atom. The van der Waals surface area contributed by atoms with Crippen LogP contribution in [0.4, 0.5) is 11.4 Å². The number of hydrogen-bond donors (Lipinski definition) is 1. The van der Waals surface area contributed by atoms with Gasteiger partial charge in [0, 0.05) is 9.64 Å². The minimum atomic E-state index is -0.520. The van der Waals surface area contributed by atoms with E-state index < -0.39 is 4.92 Å². The molecule has 0 fully saturated rings. The second-order valence-electron chi connectivity index (χ2n) is 1.86. The molecule has 0 atom stereocenters. The lowest BCUT2D eigenvalue weighted by Crippen LogP contribution is -1.97. The number of nitro groups is 1. The van der Waals surface area contributed by atoms with Gasteiger partial charge in [0.15, 0.2) is 0 Å². The summed E-state index contributed by atoms with van der Waals surface area (Å²) in [5.74, 6) is 0. The Morgan fingerprint density at radius 3 is 2.73 bits per heavy atom. The molecule has 0 heterocycles. The zero-order chi connectivity index (χ0) is 8.43. The molecule has 11 heavy (non-hydrogen) atoms. The quantitative estimate of drug-likeness (QED) is 0.362. The first-order valence-corrected chi connectivity index (χ1v) is 3.80. The van der Waals surface area contributed by atoms with E-state index in [1.165, 1.54) is 6.07 Å². The monoisotopic (exact) mass is 263 g/mol. The van der Waals surface area contributed by atoms with Crippen LogP contribution in [0.5, 0.6) is 0 Å². The van der Waals surface area contributed by atoms with E-state index in [2.05, 4.69) is 6.07 Å². The Bertz CT molecular complexity index is 301. The molecule has 0 aliphatic rings. The van der Waals surface area contributed by atoms with Crippen molar-refractivity contribution in [1.29, 1.82) is 0 Å². The SMILES string of the molecule is Nc1c(I)c[c]cc1[N+](=O)[O-]. The van der Waals surface area contributed by atoms with E-state index in [1.54, 1.807) is 6.07 Å². The van der Waals surface area contributed by atoms with Crippen LogP contribution in [0.2, 0.25) is 0 Å². The fraction of sp³-hybridized carbons (Fsp3) is 0. The van der Waals surface area contributed by atoms with Crippen molar-refractivity contribution in [1.82, 2.24) is 0 Å². The van der Waals surface area contributed by atoms with E-state index in [1.807, 2.05) is 22.6 Å². The van der Waals surface area contributed by atoms with Gasteiger partial charge in [0.25, 0.3) is 5.69 Å². The molecule has 0 aliphatic heterocycles. The molecule has 1 aromatic rings. The van der Waals surface area contributed by atoms with Gasteiger partial charge in [0.2, 0.25) is 0 Å². The Balaban J connectivity index is 3.27. The van der Waals surface area contributed by atoms with E-state index in [-0.39, 0.29) is 11.4 Å². The second kappa shape index (κ2) is 3.04. The van der Waals surface area contributed by atoms with Crippen molar-refractivity contribution < 1.29 is 4.92 Å². The topological polar surface area (TPSA) is 69.2 Å². The number of nitrogens with two attached hydrogens (primary N) is 1. The summed E-state index contributed by atoms with van der Waals surface area (Å²) >= 11 is 1.92. The number of anilines is 1. The average molecular weight is 263 g/mol. The summed E-state index contributed by atoms with van der Waals surface area (Å²) in [4.78, 5) is 9.76. The third-order valence-corrected chi connectivity index (χ3v) is 2.05. The van der Waals surface area contributed by atoms with Gasteiger partial charge in [-0.25, -0.2) is 0 Å². The van der Waals surface area contributed by atoms with Crippen molar-refractivity contribution in [3.05, 3.63) is 31.9 Å². The molecule has 0 unspecified atom stereocenters. The smallest absolute Gasteiger partial charge is 0.293 e. The molecule has 5 heteroatoms. The van der Waals surface area contributed by atoms with Crippen LogP contribution in [-0.2, 0) is 0 Å². The van der Waals surface area contributed by atoms with Gasteiger partial charge < -0.3 is 5.73 Å². The standard InChI is InChI=1S/C6H4IN2O2/c7-4-2-1-3-5(6(4)8)9(10)11/h2-3H,8H2. The van der Waals surface area contributed by atoms with E-state index in [9.17, 15) is 10.1 Å². The molecule has 0 saturated carbocycles. The van der Waals surface area contributed by atoms with E-state index in [4.69, 9.17) is 5.73 Å². The highest BCUT2D eigenvalue weighted by molar-refractivity contribution is 14.1. The summed E-state index contributed by atoms with van der Waals surface area (Å²) in [7, 11) is 0. The lowest BCUT2D eigenvalue weighted by molar-refractivity contribution is -0.384. The van der Waals surface area contributed by atoms with E-state index in [0.29, 0.717) is 3.57 Å². The van der Waals surface area contributed by atoms with Crippen molar-refractivity contribution in [3.8, 4) is 0 Å². The molecule has 57 valence electrons. The van der Waals surface area contributed by atoms with Gasteiger partial charge in [-0.2, -0.15) is 0 Å². The van der Waals surface area contributed by atoms with Crippen molar-refractivity contribution in [2.75, 3.05) is 5.73 Å². The third kappa shape index (κ3) is 1.59. The first kappa shape index (κ1) is 8.25. The van der Waals surface area contributed by atoms with Crippen LogP contribution in [-0.4, -0.2) is 4.92 Å². The molecule has 0 bridgehead atoms. The zero-order valence-corrected chi connectivity index (χ0v) is 7.53. The average Bonchev–Trinajstić information content (AvgIpc) is 1.94. The highest BCUT2D eigenvalue weighted by Crippen LogP contribution is 2.25. The first-order chi connectivity index (χ1) is 5.13. The lowest BCUT2D eigenvalue weighted by atomic mass is 10.3. The highest BCUT2D eigenvalue weighted by Gasteiger charge is 2.11. The van der Waals surface area contributed by atoms with Crippen LogP contribution < -0.4 is 5.73 Å². The predicted octanol–water partition coefficient (Wildman–Crippen LogP) is 1.58. The minimum absolute atomic E-state index is 0.0862. The minimum Gasteiger partial charge on any atom is -0.392 e. The van der Waals surface area contributed by atoms with Crippen molar-refractivity contribution in [3.63, 3.8) is 0 Å². The van der Waals surface area contributed by atoms with Gasteiger partial charge in [0.1, 0.15) is 5.69 Å². The molecule has 1 aromatic carbocycles. The predicted molar refractivity (Wildman–Crippen MR) is 49.1 cm³/mol. The molecular weight excluding hydrogens is 259 g/mol. The van der Waals surface area contributed by atoms with Crippen LogP contribution in [0, 0.1) is 19.8 Å². The highest BCUT2D eigenvalue weighted by atomic mass is 127. The molecule has 0 spiro atoms. The number of hydrogen-bond acceptors (Lipinski definition) is 3. The van der Waals surface area contributed by atoms with E-state index >= 15 is 0 Å². The zero-order valence-electron chi connectivity index (χ0n) is 5.37. The molecule has 0 aromatic heterocycles. The molecule has 1 radical (unpaired) electrons. The summed E-state index contributed by atoms with van der Waals surface area (Å²) in [6, 6.07) is 5.48. The van der Waals surface area contributed by atoms with Crippen LogP contribution in [0.25, 0.3) is 0 Å². The first-order valence-electron chi connectivity index (χ1n) is 2.72. The number of nitrogen functional groups attached to an aromatic ring is 1. The van der Waals surface area contributed by atoms with Gasteiger partial charge in [-0.15, -0.1) is 0 Å². The van der Waals surface area contributed by atoms with Crippen molar-refractivity contribution >= 4 is 34.0 Å². The maximum atomic E-state index is 10.3. The van der Waals surface area contributed by atoms with Gasteiger partial charge in [-0.05, 0) is 34.7 Å². The number of halogens is 1. The number of benzene rings is 1. The Morgan fingerprint density at radius 2 is 2.27 bits per heavy atom. The van der Waals surface area contributed by atoms with Gasteiger partial charge in [-0.1, -0.05) is 0 Å². The Kier molecular flexibility index (Phi) is 2.28. The third-order valence-electron chi connectivity index (χ3n) is 1.16. The largest absolute Gasteiger partial charge is 0.392 e.